The topological polar surface area (TPSA) is 71.2 Å². The van der Waals surface area contributed by atoms with Gasteiger partial charge in [0.2, 0.25) is 0 Å². The Hall–Kier alpha value is -1.38. The smallest absolute Gasteiger partial charge is 0.407 e. The van der Waals surface area contributed by atoms with Crippen molar-refractivity contribution in [3.05, 3.63) is 22.0 Å². The Labute approximate surface area is 129 Å². The van der Waals surface area contributed by atoms with E-state index in [1.165, 1.54) is 4.90 Å². The molecule has 0 unspecified atom stereocenters. The van der Waals surface area contributed by atoms with Crippen molar-refractivity contribution in [2.75, 3.05) is 13.1 Å². The third kappa shape index (κ3) is 2.72. The molecule has 3 rings (SSSR count). The fourth-order valence-corrected chi connectivity index (χ4v) is 3.15. The maximum absolute atomic E-state index is 10.9. The van der Waals surface area contributed by atoms with Crippen LogP contribution >= 0.6 is 22.6 Å². The number of likely N-dealkylation sites (tertiary alicyclic amines) is 1. The summed E-state index contributed by atoms with van der Waals surface area (Å²) in [7, 11) is 0. The Kier molecular flexibility index (Phi) is 3.77. The number of hydrogen-bond acceptors (Lipinski definition) is 3. The maximum Gasteiger partial charge on any atom is 0.407 e. The van der Waals surface area contributed by atoms with Gasteiger partial charge in [0.25, 0.3) is 0 Å². The number of carboxylic acid groups (broad SMARTS) is 1. The van der Waals surface area contributed by atoms with Crippen molar-refractivity contribution in [3.8, 4) is 0 Å². The van der Waals surface area contributed by atoms with E-state index in [9.17, 15) is 4.79 Å². The largest absolute Gasteiger partial charge is 0.465 e. The molecule has 0 spiro atoms. The van der Waals surface area contributed by atoms with E-state index in [1.807, 2.05) is 16.9 Å². The lowest BCUT2D eigenvalue weighted by molar-refractivity contribution is 0.121. The summed E-state index contributed by atoms with van der Waals surface area (Å²) in [5.74, 6) is 0.484. The number of aromatic nitrogens is 3. The summed E-state index contributed by atoms with van der Waals surface area (Å²) in [5, 5.41) is 13.5. The first-order chi connectivity index (χ1) is 9.63. The molecule has 0 aliphatic carbocycles. The van der Waals surface area contributed by atoms with Crippen LogP contribution in [-0.2, 0) is 6.54 Å². The third-order valence-electron chi connectivity index (χ3n) is 3.73. The number of nitrogens with zero attached hydrogens (tertiary/aromatic N) is 4. The monoisotopic (exact) mass is 386 g/mol. The molecule has 2 aromatic heterocycles. The number of piperidine rings is 1. The van der Waals surface area contributed by atoms with Gasteiger partial charge in [-0.05, 0) is 47.4 Å². The second kappa shape index (κ2) is 5.55. The van der Waals surface area contributed by atoms with Crippen LogP contribution < -0.4 is 0 Å². The predicted octanol–water partition coefficient (Wildman–Crippen LogP) is 2.43. The van der Waals surface area contributed by atoms with Gasteiger partial charge in [-0.25, -0.2) is 4.79 Å². The number of carbonyl (C=O) groups is 1. The fraction of sp³-hybridized carbons (Fsp3) is 0.462. The van der Waals surface area contributed by atoms with Crippen LogP contribution in [0.15, 0.2) is 18.5 Å². The molecule has 0 saturated carbocycles. The van der Waals surface area contributed by atoms with Gasteiger partial charge in [0.15, 0.2) is 0 Å². The lowest BCUT2D eigenvalue weighted by Crippen LogP contribution is -2.38. The molecule has 1 aliphatic rings. The Bertz CT molecular complexity index is 634. The molecule has 6 nitrogen and oxygen atoms in total. The van der Waals surface area contributed by atoms with Gasteiger partial charge in [-0.15, -0.1) is 0 Å². The second-order valence-electron chi connectivity index (χ2n) is 5.09. The van der Waals surface area contributed by atoms with Crippen LogP contribution in [0.1, 0.15) is 12.8 Å². The molecule has 7 heteroatoms. The summed E-state index contributed by atoms with van der Waals surface area (Å²) in [4.78, 5) is 16.7. The van der Waals surface area contributed by atoms with Crippen molar-refractivity contribution in [2.45, 2.75) is 19.4 Å². The lowest BCUT2D eigenvalue weighted by Gasteiger charge is -2.29. The Morgan fingerprint density at radius 2 is 2.20 bits per heavy atom. The van der Waals surface area contributed by atoms with Crippen LogP contribution in [0, 0.1) is 9.49 Å². The first-order valence-corrected chi connectivity index (χ1v) is 7.67. The van der Waals surface area contributed by atoms with Gasteiger partial charge in [-0.1, -0.05) is 0 Å². The normalized spacial score (nSPS) is 16.8. The van der Waals surface area contributed by atoms with Gasteiger partial charge in [-0.2, -0.15) is 5.10 Å². The summed E-state index contributed by atoms with van der Waals surface area (Å²) < 4.78 is 3.05. The minimum absolute atomic E-state index is 0.484. The van der Waals surface area contributed by atoms with E-state index in [2.05, 4.69) is 32.7 Å². The number of pyridine rings is 1. The van der Waals surface area contributed by atoms with E-state index in [-0.39, 0.29) is 0 Å². The molecule has 3 heterocycles. The molecule has 1 N–H and O–H groups in total. The first kappa shape index (κ1) is 13.6. The van der Waals surface area contributed by atoms with Crippen LogP contribution in [0.25, 0.3) is 11.0 Å². The molecule has 1 amide bonds. The molecule has 106 valence electrons. The molecule has 20 heavy (non-hydrogen) atoms. The summed E-state index contributed by atoms with van der Waals surface area (Å²) in [6, 6.07) is 1.95. The molecule has 2 aromatic rings. The van der Waals surface area contributed by atoms with E-state index in [0.717, 1.165) is 34.0 Å². The molecule has 0 radical (unpaired) electrons. The summed E-state index contributed by atoms with van der Waals surface area (Å²) in [6.45, 7) is 2.08. The van der Waals surface area contributed by atoms with Gasteiger partial charge in [0, 0.05) is 29.4 Å². The zero-order valence-electron chi connectivity index (χ0n) is 10.9. The first-order valence-electron chi connectivity index (χ1n) is 6.59. The van der Waals surface area contributed by atoms with Crippen molar-refractivity contribution in [1.82, 2.24) is 19.7 Å². The number of hydrogen-bond donors (Lipinski definition) is 1. The average molecular weight is 386 g/mol. The van der Waals surface area contributed by atoms with E-state index in [0.29, 0.717) is 19.0 Å². The van der Waals surface area contributed by atoms with E-state index in [4.69, 9.17) is 5.11 Å². The van der Waals surface area contributed by atoms with Crippen molar-refractivity contribution < 1.29 is 9.90 Å². The van der Waals surface area contributed by atoms with Crippen LogP contribution in [0.5, 0.6) is 0 Å². The summed E-state index contributed by atoms with van der Waals surface area (Å²) >= 11 is 2.26. The molecule has 0 bridgehead atoms. The molecular weight excluding hydrogens is 371 g/mol. The Morgan fingerprint density at radius 3 is 2.85 bits per heavy atom. The highest BCUT2D eigenvalue weighted by Gasteiger charge is 2.22. The SMILES string of the molecule is O=C(O)N1CCC(Cn2cc3nccc(I)c3n2)CC1. The van der Waals surface area contributed by atoms with E-state index >= 15 is 0 Å². The Balaban J connectivity index is 1.68. The van der Waals surface area contributed by atoms with Gasteiger partial charge >= 0.3 is 6.09 Å². The van der Waals surface area contributed by atoms with Crippen LogP contribution in [0.2, 0.25) is 0 Å². The van der Waals surface area contributed by atoms with Crippen molar-refractivity contribution in [1.29, 1.82) is 0 Å². The zero-order valence-corrected chi connectivity index (χ0v) is 13.0. The van der Waals surface area contributed by atoms with Crippen molar-refractivity contribution >= 4 is 39.7 Å². The standard InChI is InChI=1S/C13H15IN4O2/c14-10-1-4-15-11-8-18(16-12(10)11)7-9-2-5-17(6-3-9)13(19)20/h1,4,8-9H,2-3,5-7H2,(H,19,20). The summed E-state index contributed by atoms with van der Waals surface area (Å²) in [6.07, 6.45) is 4.75. The maximum atomic E-state index is 10.9. The third-order valence-corrected chi connectivity index (χ3v) is 4.60. The minimum Gasteiger partial charge on any atom is -0.465 e. The van der Waals surface area contributed by atoms with Crippen LogP contribution in [-0.4, -0.2) is 44.0 Å². The van der Waals surface area contributed by atoms with Crippen molar-refractivity contribution in [3.63, 3.8) is 0 Å². The molecule has 0 atom stereocenters. The number of amides is 1. The average Bonchev–Trinajstić information content (AvgIpc) is 2.83. The van der Waals surface area contributed by atoms with Crippen LogP contribution in [0.4, 0.5) is 4.79 Å². The highest BCUT2D eigenvalue weighted by Crippen LogP contribution is 2.21. The highest BCUT2D eigenvalue weighted by molar-refractivity contribution is 14.1. The molecular formula is C13H15IN4O2. The van der Waals surface area contributed by atoms with Crippen molar-refractivity contribution in [2.24, 2.45) is 5.92 Å². The predicted molar refractivity (Wildman–Crippen MR) is 82.6 cm³/mol. The van der Waals surface area contributed by atoms with Gasteiger partial charge < -0.3 is 10.0 Å². The lowest BCUT2D eigenvalue weighted by atomic mass is 9.97. The fourth-order valence-electron chi connectivity index (χ4n) is 2.60. The van der Waals surface area contributed by atoms with Crippen LogP contribution in [0.3, 0.4) is 0 Å². The second-order valence-corrected chi connectivity index (χ2v) is 6.25. The van der Waals surface area contributed by atoms with E-state index in [1.54, 1.807) is 6.20 Å². The van der Waals surface area contributed by atoms with E-state index < -0.39 is 6.09 Å². The molecule has 1 fully saturated rings. The summed E-state index contributed by atoms with van der Waals surface area (Å²) in [5.41, 5.74) is 1.86. The quantitative estimate of drug-likeness (QED) is 0.805. The molecule has 0 aromatic carbocycles. The van der Waals surface area contributed by atoms with Gasteiger partial charge in [0.05, 0.1) is 6.20 Å². The van der Waals surface area contributed by atoms with Gasteiger partial charge in [0.1, 0.15) is 11.0 Å². The Morgan fingerprint density at radius 1 is 1.45 bits per heavy atom. The highest BCUT2D eigenvalue weighted by atomic mass is 127. The van der Waals surface area contributed by atoms with Gasteiger partial charge in [-0.3, -0.25) is 9.67 Å². The molecule has 1 aliphatic heterocycles. The number of rotatable bonds is 2. The molecule has 1 saturated heterocycles. The number of fused-ring (bicyclic) bond motifs is 1. The zero-order chi connectivity index (χ0) is 14.1. The number of halogens is 1. The minimum atomic E-state index is -0.813.